The van der Waals surface area contributed by atoms with Gasteiger partial charge in [0, 0.05) is 18.7 Å². The fraction of sp³-hybridized carbons (Fsp3) is 0.429. The lowest BCUT2D eigenvalue weighted by molar-refractivity contribution is -0.128. The number of rotatable bonds is 7. The summed E-state index contributed by atoms with van der Waals surface area (Å²) < 4.78 is 5.35. The molecule has 1 aromatic carbocycles. The van der Waals surface area contributed by atoms with Crippen molar-refractivity contribution in [3.8, 4) is 5.75 Å². The van der Waals surface area contributed by atoms with Crippen LogP contribution in [0.3, 0.4) is 0 Å². The highest BCUT2D eigenvalue weighted by Gasteiger charge is 2.18. The standard InChI is InChI=1S/C21H27N5O4S/c1-2-30-15-9-7-14(8-10-15)19(28)23-17-18(22)24-21(25-20(17)29)31-13-16(27)26-11-5-3-4-6-12-26/h7-10H,2-6,11-13H2,1H3,(H,23,28)(H3,22,24,25,29). The van der Waals surface area contributed by atoms with E-state index in [0.717, 1.165) is 50.5 Å². The van der Waals surface area contributed by atoms with Crippen LogP contribution >= 0.6 is 11.8 Å². The summed E-state index contributed by atoms with van der Waals surface area (Å²) in [4.78, 5) is 45.9. The molecule has 0 unspecified atom stereocenters. The molecule has 0 saturated carbocycles. The highest BCUT2D eigenvalue weighted by Crippen LogP contribution is 2.19. The van der Waals surface area contributed by atoms with E-state index in [1.807, 2.05) is 11.8 Å². The van der Waals surface area contributed by atoms with Crippen LogP contribution in [-0.2, 0) is 4.79 Å². The molecule has 1 aliphatic rings. The third-order valence-electron chi connectivity index (χ3n) is 4.88. The molecule has 31 heavy (non-hydrogen) atoms. The molecule has 2 aromatic rings. The number of nitrogens with two attached hydrogens (primary N) is 1. The number of amides is 2. The minimum Gasteiger partial charge on any atom is -0.494 e. The van der Waals surface area contributed by atoms with Gasteiger partial charge in [-0.05, 0) is 44.0 Å². The van der Waals surface area contributed by atoms with Gasteiger partial charge < -0.3 is 20.7 Å². The summed E-state index contributed by atoms with van der Waals surface area (Å²) in [7, 11) is 0. The van der Waals surface area contributed by atoms with E-state index in [2.05, 4.69) is 15.3 Å². The van der Waals surface area contributed by atoms with Crippen LogP contribution in [0.1, 0.15) is 43.0 Å². The second-order valence-electron chi connectivity index (χ2n) is 7.13. The quantitative estimate of drug-likeness (QED) is 0.441. The number of likely N-dealkylation sites (tertiary alicyclic amines) is 1. The van der Waals surface area contributed by atoms with E-state index in [0.29, 0.717) is 17.9 Å². The molecule has 0 bridgehead atoms. The smallest absolute Gasteiger partial charge is 0.277 e. The van der Waals surface area contributed by atoms with Crippen LogP contribution in [0.25, 0.3) is 0 Å². The van der Waals surface area contributed by atoms with Crippen molar-refractivity contribution in [3.05, 3.63) is 40.2 Å². The average Bonchev–Trinajstić information content (AvgIpc) is 3.05. The Balaban J connectivity index is 1.62. The van der Waals surface area contributed by atoms with Crippen molar-refractivity contribution in [2.45, 2.75) is 37.8 Å². The zero-order valence-corrected chi connectivity index (χ0v) is 18.3. The average molecular weight is 446 g/mol. The molecule has 0 radical (unpaired) electrons. The van der Waals surface area contributed by atoms with E-state index in [-0.39, 0.29) is 28.3 Å². The molecular weight excluding hydrogens is 418 g/mol. The molecular formula is C21H27N5O4S. The molecule has 1 saturated heterocycles. The summed E-state index contributed by atoms with van der Waals surface area (Å²) >= 11 is 1.12. The first-order valence-electron chi connectivity index (χ1n) is 10.3. The lowest BCUT2D eigenvalue weighted by atomic mass is 10.2. The maximum Gasteiger partial charge on any atom is 0.277 e. The fourth-order valence-corrected chi connectivity index (χ4v) is 4.03. The summed E-state index contributed by atoms with van der Waals surface area (Å²) in [5, 5.41) is 2.74. The van der Waals surface area contributed by atoms with Crippen LogP contribution in [0.5, 0.6) is 5.75 Å². The number of anilines is 2. The molecule has 1 aromatic heterocycles. The molecule has 4 N–H and O–H groups in total. The van der Waals surface area contributed by atoms with E-state index in [1.165, 1.54) is 0 Å². The molecule has 3 rings (SSSR count). The number of hydrogen-bond donors (Lipinski definition) is 3. The summed E-state index contributed by atoms with van der Waals surface area (Å²) in [5.41, 5.74) is 5.56. The predicted octanol–water partition coefficient (Wildman–Crippen LogP) is 2.50. The van der Waals surface area contributed by atoms with Crippen molar-refractivity contribution in [2.75, 3.05) is 36.5 Å². The number of nitrogen functional groups attached to an aromatic ring is 1. The number of aromatic nitrogens is 2. The Morgan fingerprint density at radius 1 is 1.19 bits per heavy atom. The normalized spacial score (nSPS) is 14.0. The third-order valence-corrected chi connectivity index (χ3v) is 5.74. The number of carbonyl (C=O) groups excluding carboxylic acids is 2. The van der Waals surface area contributed by atoms with Gasteiger partial charge in [-0.3, -0.25) is 19.4 Å². The molecule has 1 fully saturated rings. The van der Waals surface area contributed by atoms with Crippen molar-refractivity contribution in [1.29, 1.82) is 0 Å². The van der Waals surface area contributed by atoms with Gasteiger partial charge in [0.25, 0.3) is 11.5 Å². The number of nitrogens with zero attached hydrogens (tertiary/aromatic N) is 2. The van der Waals surface area contributed by atoms with E-state index in [1.54, 1.807) is 24.3 Å². The first-order valence-corrected chi connectivity index (χ1v) is 11.3. The summed E-state index contributed by atoms with van der Waals surface area (Å²) in [6.07, 6.45) is 4.32. The molecule has 166 valence electrons. The molecule has 2 heterocycles. The van der Waals surface area contributed by atoms with Gasteiger partial charge in [-0.1, -0.05) is 24.6 Å². The van der Waals surface area contributed by atoms with E-state index in [4.69, 9.17) is 10.5 Å². The highest BCUT2D eigenvalue weighted by atomic mass is 32.2. The molecule has 9 nitrogen and oxygen atoms in total. The monoisotopic (exact) mass is 445 g/mol. The van der Waals surface area contributed by atoms with Gasteiger partial charge in [-0.15, -0.1) is 0 Å². The van der Waals surface area contributed by atoms with Crippen LogP contribution < -0.4 is 21.3 Å². The Morgan fingerprint density at radius 3 is 2.48 bits per heavy atom. The predicted molar refractivity (Wildman–Crippen MR) is 121 cm³/mol. The maximum atomic E-state index is 12.4. The number of benzene rings is 1. The number of aromatic amines is 1. The first kappa shape index (κ1) is 22.7. The molecule has 0 aliphatic carbocycles. The number of hydrogen-bond acceptors (Lipinski definition) is 7. The number of ether oxygens (including phenoxy) is 1. The lowest BCUT2D eigenvalue weighted by Gasteiger charge is -2.19. The third kappa shape index (κ3) is 6.24. The van der Waals surface area contributed by atoms with Crippen LogP contribution in [0.2, 0.25) is 0 Å². The Morgan fingerprint density at radius 2 is 1.87 bits per heavy atom. The topological polar surface area (TPSA) is 130 Å². The minimum atomic E-state index is -0.573. The largest absolute Gasteiger partial charge is 0.494 e. The fourth-order valence-electron chi connectivity index (χ4n) is 3.25. The van der Waals surface area contributed by atoms with E-state index < -0.39 is 11.5 Å². The SMILES string of the molecule is CCOc1ccc(C(=O)Nc2c(N)nc(SCC(=O)N3CCCCCC3)[nH]c2=O)cc1. The Bertz CT molecular complexity index is 969. The first-order chi connectivity index (χ1) is 15.0. The van der Waals surface area contributed by atoms with Crippen LogP contribution in [-0.4, -0.2) is 52.1 Å². The van der Waals surface area contributed by atoms with Crippen molar-refractivity contribution in [2.24, 2.45) is 0 Å². The van der Waals surface area contributed by atoms with Gasteiger partial charge in [0.15, 0.2) is 11.0 Å². The molecule has 2 amide bonds. The zero-order chi connectivity index (χ0) is 22.2. The van der Waals surface area contributed by atoms with Gasteiger partial charge in [0.2, 0.25) is 5.91 Å². The summed E-state index contributed by atoms with van der Waals surface area (Å²) in [6.45, 7) is 3.93. The van der Waals surface area contributed by atoms with Crippen LogP contribution in [0.15, 0.2) is 34.2 Å². The second kappa shape index (κ2) is 10.9. The van der Waals surface area contributed by atoms with E-state index >= 15 is 0 Å². The summed E-state index contributed by atoms with van der Waals surface area (Å²) in [5.74, 6) is 0.238. The Hall–Kier alpha value is -3.01. The Labute approximate surface area is 184 Å². The van der Waals surface area contributed by atoms with Gasteiger partial charge in [0.05, 0.1) is 12.4 Å². The van der Waals surface area contributed by atoms with Crippen molar-refractivity contribution >= 4 is 35.1 Å². The summed E-state index contributed by atoms with van der Waals surface area (Å²) in [6, 6.07) is 6.53. The highest BCUT2D eigenvalue weighted by molar-refractivity contribution is 7.99. The van der Waals surface area contributed by atoms with Crippen LogP contribution in [0, 0.1) is 0 Å². The maximum absolute atomic E-state index is 12.4. The van der Waals surface area contributed by atoms with Crippen molar-refractivity contribution in [3.63, 3.8) is 0 Å². The number of carbonyl (C=O) groups is 2. The molecule has 1 aliphatic heterocycles. The minimum absolute atomic E-state index is 0.0148. The van der Waals surface area contributed by atoms with Gasteiger partial charge >= 0.3 is 0 Å². The van der Waals surface area contributed by atoms with Crippen molar-refractivity contribution in [1.82, 2.24) is 14.9 Å². The Kier molecular flexibility index (Phi) is 7.94. The van der Waals surface area contributed by atoms with E-state index in [9.17, 15) is 14.4 Å². The number of thioether (sulfide) groups is 1. The second-order valence-corrected chi connectivity index (χ2v) is 8.09. The number of H-pyrrole nitrogens is 1. The van der Waals surface area contributed by atoms with Gasteiger partial charge in [0.1, 0.15) is 11.4 Å². The van der Waals surface area contributed by atoms with Crippen molar-refractivity contribution < 1.29 is 14.3 Å². The molecule has 0 atom stereocenters. The zero-order valence-electron chi connectivity index (χ0n) is 17.5. The molecule has 0 spiro atoms. The molecule has 10 heteroatoms. The van der Waals surface area contributed by atoms with Crippen LogP contribution in [0.4, 0.5) is 11.5 Å². The number of nitrogens with one attached hydrogen (secondary N) is 2. The van der Waals surface area contributed by atoms with Gasteiger partial charge in [-0.2, -0.15) is 0 Å². The van der Waals surface area contributed by atoms with Gasteiger partial charge in [-0.25, -0.2) is 4.98 Å². The lowest BCUT2D eigenvalue weighted by Crippen LogP contribution is -2.33.